The summed E-state index contributed by atoms with van der Waals surface area (Å²) in [5, 5.41) is 8.73. The molecule has 0 aromatic carbocycles. The SMILES string of the molecule is CCCC1CCCCN1C(=O)c1ccc(C#CCCO)s1. The van der Waals surface area contributed by atoms with Crippen LogP contribution in [0, 0.1) is 11.8 Å². The summed E-state index contributed by atoms with van der Waals surface area (Å²) in [7, 11) is 0. The van der Waals surface area contributed by atoms with Crippen LogP contribution in [0.4, 0.5) is 0 Å². The number of likely N-dealkylation sites (tertiary alicyclic amines) is 1. The fraction of sp³-hybridized carbons (Fsp3) is 0.588. The van der Waals surface area contributed by atoms with E-state index in [0.29, 0.717) is 12.5 Å². The van der Waals surface area contributed by atoms with Gasteiger partial charge in [-0.25, -0.2) is 0 Å². The largest absolute Gasteiger partial charge is 0.395 e. The zero-order valence-corrected chi connectivity index (χ0v) is 13.4. The molecule has 0 bridgehead atoms. The second-order valence-corrected chi connectivity index (χ2v) is 6.46. The minimum Gasteiger partial charge on any atom is -0.395 e. The molecule has 2 rings (SSSR count). The maximum atomic E-state index is 12.7. The molecule has 4 heteroatoms. The minimum atomic E-state index is 0.0800. The Hall–Kier alpha value is -1.31. The molecule has 1 aromatic heterocycles. The molecule has 1 N–H and O–H groups in total. The smallest absolute Gasteiger partial charge is 0.264 e. The van der Waals surface area contributed by atoms with Gasteiger partial charge in [-0.2, -0.15) is 0 Å². The van der Waals surface area contributed by atoms with Gasteiger partial charge < -0.3 is 10.0 Å². The van der Waals surface area contributed by atoms with Crippen LogP contribution in [-0.2, 0) is 0 Å². The zero-order chi connectivity index (χ0) is 15.1. The molecular formula is C17H23NO2S. The van der Waals surface area contributed by atoms with Crippen molar-refractivity contribution in [2.24, 2.45) is 0 Å². The third-order valence-electron chi connectivity index (χ3n) is 3.78. The topological polar surface area (TPSA) is 40.5 Å². The number of piperidine rings is 1. The van der Waals surface area contributed by atoms with E-state index in [1.807, 2.05) is 12.1 Å². The second kappa shape index (κ2) is 8.21. The number of carbonyl (C=O) groups excluding carboxylic acids is 1. The number of aliphatic hydroxyl groups is 1. The van der Waals surface area contributed by atoms with E-state index in [-0.39, 0.29) is 12.5 Å². The van der Waals surface area contributed by atoms with Gasteiger partial charge in [-0.3, -0.25) is 4.79 Å². The maximum absolute atomic E-state index is 12.7. The average Bonchev–Trinajstić information content (AvgIpc) is 2.97. The van der Waals surface area contributed by atoms with Gasteiger partial charge in [-0.15, -0.1) is 11.3 Å². The number of hydrogen-bond donors (Lipinski definition) is 1. The number of rotatable bonds is 4. The lowest BCUT2D eigenvalue weighted by atomic mass is 9.98. The van der Waals surface area contributed by atoms with E-state index >= 15 is 0 Å². The van der Waals surface area contributed by atoms with Crippen LogP contribution in [0.1, 0.15) is 60.0 Å². The Labute approximate surface area is 131 Å². The summed E-state index contributed by atoms with van der Waals surface area (Å²) in [6.45, 7) is 3.14. The number of aliphatic hydroxyl groups excluding tert-OH is 1. The minimum absolute atomic E-state index is 0.0800. The van der Waals surface area contributed by atoms with Crippen molar-refractivity contribution in [3.05, 3.63) is 21.9 Å². The van der Waals surface area contributed by atoms with E-state index in [2.05, 4.69) is 23.7 Å². The first-order valence-corrected chi connectivity index (χ1v) is 8.58. The van der Waals surface area contributed by atoms with Crippen molar-refractivity contribution in [3.63, 3.8) is 0 Å². The quantitative estimate of drug-likeness (QED) is 0.867. The number of hydrogen-bond acceptors (Lipinski definition) is 3. The monoisotopic (exact) mass is 305 g/mol. The van der Waals surface area contributed by atoms with Gasteiger partial charge in [0, 0.05) is 19.0 Å². The Morgan fingerprint density at radius 2 is 2.33 bits per heavy atom. The fourth-order valence-electron chi connectivity index (χ4n) is 2.77. The Bertz CT molecular complexity index is 524. The van der Waals surface area contributed by atoms with Crippen LogP contribution in [0.2, 0.25) is 0 Å². The highest BCUT2D eigenvalue weighted by Gasteiger charge is 2.27. The molecule has 1 unspecified atom stereocenters. The Balaban J connectivity index is 2.06. The van der Waals surface area contributed by atoms with Gasteiger partial charge in [-0.1, -0.05) is 25.2 Å². The van der Waals surface area contributed by atoms with Crippen molar-refractivity contribution in [3.8, 4) is 11.8 Å². The summed E-state index contributed by atoms with van der Waals surface area (Å²) >= 11 is 1.46. The third-order valence-corrected chi connectivity index (χ3v) is 4.76. The standard InChI is InChI=1S/C17H23NO2S/c1-2-7-14-8-3-5-12-18(14)17(20)16-11-10-15(21-16)9-4-6-13-19/h10-11,14,19H,2-3,5-8,12-13H2,1H3. The van der Waals surface area contributed by atoms with E-state index in [9.17, 15) is 4.79 Å². The molecule has 1 atom stereocenters. The van der Waals surface area contributed by atoms with Crippen LogP contribution in [0.15, 0.2) is 12.1 Å². The number of carbonyl (C=O) groups is 1. The molecular weight excluding hydrogens is 282 g/mol. The first-order valence-electron chi connectivity index (χ1n) is 7.76. The van der Waals surface area contributed by atoms with Gasteiger partial charge in [-0.05, 0) is 37.8 Å². The summed E-state index contributed by atoms with van der Waals surface area (Å²) in [5.74, 6) is 6.06. The molecule has 0 spiro atoms. The number of amides is 1. The van der Waals surface area contributed by atoms with E-state index < -0.39 is 0 Å². The average molecular weight is 305 g/mol. The third kappa shape index (κ3) is 4.33. The van der Waals surface area contributed by atoms with Crippen LogP contribution in [0.5, 0.6) is 0 Å². The van der Waals surface area contributed by atoms with E-state index in [1.54, 1.807) is 0 Å². The van der Waals surface area contributed by atoms with Crippen LogP contribution in [0.25, 0.3) is 0 Å². The van der Waals surface area contributed by atoms with Gasteiger partial charge in [0.15, 0.2) is 0 Å². The van der Waals surface area contributed by atoms with Crippen molar-refractivity contribution < 1.29 is 9.90 Å². The summed E-state index contributed by atoms with van der Waals surface area (Å²) in [6, 6.07) is 4.19. The van der Waals surface area contributed by atoms with Gasteiger partial charge in [0.1, 0.15) is 0 Å². The van der Waals surface area contributed by atoms with Crippen molar-refractivity contribution in [2.45, 2.75) is 51.5 Å². The van der Waals surface area contributed by atoms with Crippen molar-refractivity contribution in [1.29, 1.82) is 0 Å². The summed E-state index contributed by atoms with van der Waals surface area (Å²) in [6.07, 6.45) is 6.17. The van der Waals surface area contributed by atoms with E-state index in [0.717, 1.165) is 42.0 Å². The molecule has 0 radical (unpaired) electrons. The van der Waals surface area contributed by atoms with Crippen molar-refractivity contribution in [1.82, 2.24) is 4.90 Å². The first kappa shape index (κ1) is 16.1. The molecule has 0 aliphatic carbocycles. The highest BCUT2D eigenvalue weighted by atomic mass is 32.1. The molecule has 1 fully saturated rings. The van der Waals surface area contributed by atoms with Gasteiger partial charge in [0.2, 0.25) is 0 Å². The predicted octanol–water partition coefficient (Wildman–Crippen LogP) is 3.28. The number of thiophene rings is 1. The molecule has 114 valence electrons. The van der Waals surface area contributed by atoms with Crippen molar-refractivity contribution >= 4 is 17.2 Å². The summed E-state index contributed by atoms with van der Waals surface area (Å²) in [4.78, 5) is 16.4. The molecule has 0 saturated carbocycles. The molecule has 3 nitrogen and oxygen atoms in total. The van der Waals surface area contributed by atoms with Crippen molar-refractivity contribution in [2.75, 3.05) is 13.2 Å². The predicted molar refractivity (Wildman–Crippen MR) is 86.5 cm³/mol. The summed E-state index contributed by atoms with van der Waals surface area (Å²) in [5.41, 5.74) is 0. The molecule has 1 saturated heterocycles. The first-order chi connectivity index (χ1) is 10.3. The van der Waals surface area contributed by atoms with Crippen LogP contribution in [0.3, 0.4) is 0 Å². The lowest BCUT2D eigenvalue weighted by Gasteiger charge is -2.35. The fourth-order valence-corrected chi connectivity index (χ4v) is 3.61. The molecule has 1 aliphatic heterocycles. The normalized spacial score (nSPS) is 18.2. The molecule has 21 heavy (non-hydrogen) atoms. The molecule has 1 aliphatic rings. The maximum Gasteiger partial charge on any atom is 0.264 e. The molecule has 1 aromatic rings. The Morgan fingerprint density at radius 3 is 3.10 bits per heavy atom. The van der Waals surface area contributed by atoms with Crippen LogP contribution >= 0.6 is 11.3 Å². The van der Waals surface area contributed by atoms with Crippen LogP contribution in [-0.4, -0.2) is 35.1 Å². The lowest BCUT2D eigenvalue weighted by molar-refractivity contribution is 0.0605. The van der Waals surface area contributed by atoms with Gasteiger partial charge >= 0.3 is 0 Å². The van der Waals surface area contributed by atoms with E-state index in [1.165, 1.54) is 17.8 Å². The Morgan fingerprint density at radius 1 is 1.48 bits per heavy atom. The summed E-state index contributed by atoms with van der Waals surface area (Å²) < 4.78 is 0. The van der Waals surface area contributed by atoms with Crippen LogP contribution < -0.4 is 0 Å². The highest BCUT2D eigenvalue weighted by molar-refractivity contribution is 7.14. The van der Waals surface area contributed by atoms with Gasteiger partial charge in [0.25, 0.3) is 5.91 Å². The molecule has 2 heterocycles. The highest BCUT2D eigenvalue weighted by Crippen LogP contribution is 2.25. The number of nitrogens with zero attached hydrogens (tertiary/aromatic N) is 1. The van der Waals surface area contributed by atoms with E-state index in [4.69, 9.17) is 5.11 Å². The second-order valence-electron chi connectivity index (χ2n) is 5.38. The lowest BCUT2D eigenvalue weighted by Crippen LogP contribution is -2.43. The van der Waals surface area contributed by atoms with Gasteiger partial charge in [0.05, 0.1) is 16.4 Å². The zero-order valence-electron chi connectivity index (χ0n) is 12.6. The Kier molecular flexibility index (Phi) is 6.28. The molecule has 1 amide bonds.